The molecule has 1 saturated carbocycles. The Bertz CT molecular complexity index is 773. The summed E-state index contributed by atoms with van der Waals surface area (Å²) in [7, 11) is 0. The van der Waals surface area contributed by atoms with Crippen molar-refractivity contribution in [3.63, 3.8) is 0 Å². The number of hydrogen-bond acceptors (Lipinski definition) is 3. The average Bonchev–Trinajstić information content (AvgIpc) is 2.65. The summed E-state index contributed by atoms with van der Waals surface area (Å²) in [5.74, 6) is 0.291. The SMILES string of the molecule is Oc1cccc([C@]23CCC[C@H]([C@H]2O)N(CC=Cc2ccccc2)CC3)c1. The maximum Gasteiger partial charge on any atom is 0.115 e. The number of aromatic hydroxyl groups is 1. The Kier molecular flexibility index (Phi) is 4.84. The number of aliphatic hydroxyl groups is 1. The highest BCUT2D eigenvalue weighted by Crippen LogP contribution is 2.47. The van der Waals surface area contributed by atoms with E-state index in [1.165, 1.54) is 5.56 Å². The van der Waals surface area contributed by atoms with Crippen molar-refractivity contribution >= 4 is 6.08 Å². The van der Waals surface area contributed by atoms with Crippen LogP contribution in [0.2, 0.25) is 0 Å². The molecule has 2 aromatic rings. The zero-order valence-electron chi connectivity index (χ0n) is 15.1. The van der Waals surface area contributed by atoms with Gasteiger partial charge >= 0.3 is 0 Å². The second-order valence-corrected chi connectivity index (χ2v) is 7.67. The van der Waals surface area contributed by atoms with Gasteiger partial charge in [0.15, 0.2) is 0 Å². The van der Waals surface area contributed by atoms with Crippen molar-refractivity contribution in [2.24, 2.45) is 0 Å². The van der Waals surface area contributed by atoms with E-state index in [0.29, 0.717) is 5.75 Å². The maximum absolute atomic E-state index is 11.2. The van der Waals surface area contributed by atoms with E-state index in [1.807, 2.05) is 18.2 Å². The first-order valence-electron chi connectivity index (χ1n) is 9.62. The summed E-state index contributed by atoms with van der Waals surface area (Å²) >= 11 is 0. The van der Waals surface area contributed by atoms with Gasteiger partial charge in [-0.15, -0.1) is 0 Å². The van der Waals surface area contributed by atoms with Gasteiger partial charge in [0.05, 0.1) is 6.10 Å². The van der Waals surface area contributed by atoms with Crippen molar-refractivity contribution in [3.05, 3.63) is 71.8 Å². The predicted octanol–water partition coefficient (Wildman–Crippen LogP) is 3.96. The van der Waals surface area contributed by atoms with Gasteiger partial charge in [0.25, 0.3) is 0 Å². The molecule has 3 nitrogen and oxygen atoms in total. The fraction of sp³-hybridized carbons (Fsp3) is 0.391. The van der Waals surface area contributed by atoms with Crippen LogP contribution in [0.1, 0.15) is 36.8 Å². The highest BCUT2D eigenvalue weighted by atomic mass is 16.3. The molecule has 0 spiro atoms. The van der Waals surface area contributed by atoms with Crippen LogP contribution in [0.5, 0.6) is 5.75 Å². The lowest BCUT2D eigenvalue weighted by Gasteiger charge is -2.54. The minimum Gasteiger partial charge on any atom is -0.508 e. The van der Waals surface area contributed by atoms with Crippen LogP contribution < -0.4 is 0 Å². The number of piperidine rings is 1. The number of aliphatic hydroxyl groups excluding tert-OH is 1. The average molecular weight is 349 g/mol. The number of nitrogens with zero attached hydrogens (tertiary/aromatic N) is 1. The largest absolute Gasteiger partial charge is 0.508 e. The molecule has 3 atom stereocenters. The lowest BCUT2D eigenvalue weighted by atomic mass is 9.61. The Morgan fingerprint density at radius 1 is 1.08 bits per heavy atom. The van der Waals surface area contributed by atoms with E-state index in [2.05, 4.69) is 47.4 Å². The summed E-state index contributed by atoms with van der Waals surface area (Å²) < 4.78 is 0. The summed E-state index contributed by atoms with van der Waals surface area (Å²) in [6.45, 7) is 1.85. The number of hydrogen-bond donors (Lipinski definition) is 2. The molecule has 2 aromatic carbocycles. The smallest absolute Gasteiger partial charge is 0.115 e. The van der Waals surface area contributed by atoms with Crippen molar-refractivity contribution in [2.45, 2.75) is 43.2 Å². The van der Waals surface area contributed by atoms with E-state index in [-0.39, 0.29) is 17.6 Å². The summed E-state index contributed by atoms with van der Waals surface area (Å²) in [6, 6.07) is 18.0. The Morgan fingerprint density at radius 2 is 1.92 bits per heavy atom. The first-order valence-corrected chi connectivity index (χ1v) is 9.62. The number of benzene rings is 2. The van der Waals surface area contributed by atoms with E-state index < -0.39 is 0 Å². The van der Waals surface area contributed by atoms with Gasteiger partial charge < -0.3 is 10.2 Å². The normalized spacial score (nSPS) is 29.1. The highest BCUT2D eigenvalue weighted by molar-refractivity contribution is 5.48. The third-order valence-corrected chi connectivity index (χ3v) is 6.24. The molecule has 1 heterocycles. The molecule has 0 unspecified atom stereocenters. The predicted molar refractivity (Wildman–Crippen MR) is 105 cm³/mol. The lowest BCUT2D eigenvalue weighted by Crippen LogP contribution is -2.61. The van der Waals surface area contributed by atoms with E-state index in [1.54, 1.807) is 6.07 Å². The second-order valence-electron chi connectivity index (χ2n) is 7.67. The van der Waals surface area contributed by atoms with Gasteiger partial charge in [-0.1, -0.05) is 61.0 Å². The van der Waals surface area contributed by atoms with Crippen LogP contribution in [0.3, 0.4) is 0 Å². The molecule has 2 fully saturated rings. The number of fused-ring (bicyclic) bond motifs is 2. The molecule has 136 valence electrons. The summed E-state index contributed by atoms with van der Waals surface area (Å²) in [5, 5.41) is 21.1. The zero-order chi connectivity index (χ0) is 18.0. The molecule has 0 aromatic heterocycles. The molecule has 2 bridgehead atoms. The standard InChI is InChI=1S/C23H27NO2/c25-20-11-4-10-19(17-20)23-13-5-12-21(22(23)26)24(16-14-23)15-6-9-18-7-2-1-3-8-18/h1-4,6-11,17,21-22,25-26H,5,12-16H2/t21-,22-,23-/m1/s1. The molecule has 2 aliphatic rings. The van der Waals surface area contributed by atoms with Crippen LogP contribution in [0, 0.1) is 0 Å². The molecular weight excluding hydrogens is 322 g/mol. The Hall–Kier alpha value is -2.10. The van der Waals surface area contributed by atoms with Crippen molar-refractivity contribution in [2.75, 3.05) is 13.1 Å². The molecule has 1 aliphatic carbocycles. The van der Waals surface area contributed by atoms with Crippen LogP contribution in [0.15, 0.2) is 60.7 Å². The molecule has 0 radical (unpaired) electrons. The van der Waals surface area contributed by atoms with E-state index in [9.17, 15) is 10.2 Å². The lowest BCUT2D eigenvalue weighted by molar-refractivity contribution is -0.0726. The monoisotopic (exact) mass is 349 g/mol. The second kappa shape index (κ2) is 7.26. The number of likely N-dealkylation sites (tertiary alicyclic amines) is 1. The fourth-order valence-electron chi connectivity index (χ4n) is 4.85. The van der Waals surface area contributed by atoms with Crippen molar-refractivity contribution in [3.8, 4) is 5.75 Å². The minimum atomic E-state index is -0.378. The molecule has 4 rings (SSSR count). The zero-order valence-corrected chi connectivity index (χ0v) is 15.1. The van der Waals surface area contributed by atoms with Crippen molar-refractivity contribution < 1.29 is 10.2 Å². The Balaban J connectivity index is 1.50. The van der Waals surface area contributed by atoms with Crippen LogP contribution in [-0.4, -0.2) is 40.3 Å². The summed E-state index contributed by atoms with van der Waals surface area (Å²) in [4.78, 5) is 2.42. The number of rotatable bonds is 4. The van der Waals surface area contributed by atoms with Gasteiger partial charge in [-0.05, 0) is 49.1 Å². The molecule has 0 amide bonds. The van der Waals surface area contributed by atoms with Crippen LogP contribution in [-0.2, 0) is 5.41 Å². The van der Waals surface area contributed by atoms with Crippen LogP contribution >= 0.6 is 0 Å². The first-order chi connectivity index (χ1) is 12.7. The van der Waals surface area contributed by atoms with Gasteiger partial charge in [0, 0.05) is 18.0 Å². The minimum absolute atomic E-state index is 0.195. The van der Waals surface area contributed by atoms with Gasteiger partial charge in [-0.25, -0.2) is 0 Å². The van der Waals surface area contributed by atoms with Crippen molar-refractivity contribution in [1.29, 1.82) is 0 Å². The Labute approximate surface area is 155 Å². The first kappa shape index (κ1) is 17.3. The summed E-state index contributed by atoms with van der Waals surface area (Å²) in [5.41, 5.74) is 2.10. The molecule has 1 saturated heterocycles. The number of phenols is 1. The molecule has 1 aliphatic heterocycles. The van der Waals surface area contributed by atoms with Gasteiger partial charge in [0.2, 0.25) is 0 Å². The molecular formula is C23H27NO2. The molecule has 26 heavy (non-hydrogen) atoms. The fourth-order valence-corrected chi connectivity index (χ4v) is 4.85. The topological polar surface area (TPSA) is 43.7 Å². The van der Waals surface area contributed by atoms with Gasteiger partial charge in [-0.2, -0.15) is 0 Å². The molecule has 2 N–H and O–H groups in total. The maximum atomic E-state index is 11.2. The molecule has 3 heteroatoms. The number of phenolic OH excluding ortho intramolecular Hbond substituents is 1. The third-order valence-electron chi connectivity index (χ3n) is 6.24. The van der Waals surface area contributed by atoms with E-state index in [0.717, 1.165) is 44.3 Å². The van der Waals surface area contributed by atoms with E-state index in [4.69, 9.17) is 0 Å². The Morgan fingerprint density at radius 3 is 2.73 bits per heavy atom. The van der Waals surface area contributed by atoms with Crippen LogP contribution in [0.4, 0.5) is 0 Å². The van der Waals surface area contributed by atoms with Gasteiger partial charge in [0.1, 0.15) is 5.75 Å². The van der Waals surface area contributed by atoms with Gasteiger partial charge in [-0.3, -0.25) is 4.90 Å². The quantitative estimate of drug-likeness (QED) is 0.878. The van der Waals surface area contributed by atoms with Crippen LogP contribution in [0.25, 0.3) is 6.08 Å². The van der Waals surface area contributed by atoms with E-state index >= 15 is 0 Å². The van der Waals surface area contributed by atoms with Crippen molar-refractivity contribution in [1.82, 2.24) is 4.90 Å². The highest BCUT2D eigenvalue weighted by Gasteiger charge is 2.50. The third kappa shape index (κ3) is 3.17. The summed E-state index contributed by atoms with van der Waals surface area (Å²) in [6.07, 6.45) is 8.09.